The summed E-state index contributed by atoms with van der Waals surface area (Å²) >= 11 is 0. The summed E-state index contributed by atoms with van der Waals surface area (Å²) in [6.07, 6.45) is -0.317. The number of ether oxygens (including phenoxy) is 7. The Balaban J connectivity index is 0.969. The highest BCUT2D eigenvalue weighted by Gasteiger charge is 2.67. The maximum atomic E-state index is 14.3. The number of phenols is 1. The van der Waals surface area contributed by atoms with Crippen LogP contribution in [0.5, 0.6) is 5.75 Å². The van der Waals surface area contributed by atoms with Crippen molar-refractivity contribution >= 4 is 28.9 Å². The van der Waals surface area contributed by atoms with Crippen LogP contribution < -0.4 is 0 Å². The van der Waals surface area contributed by atoms with Crippen LogP contribution in [0.2, 0.25) is 0 Å². The topological polar surface area (TPSA) is 231 Å². The van der Waals surface area contributed by atoms with E-state index in [1.54, 1.807) is 40.7 Å². The van der Waals surface area contributed by atoms with E-state index in [2.05, 4.69) is 0 Å². The molecular formula is C43H48O16. The molecule has 4 aliphatic heterocycles. The number of rotatable bonds is 7. The standard InChI is InChI=1S/C43H48O16/c1-19-26(44)8-11-32(54-19)57-29-10-13-34(56-21(29)3)59-41(5)17-31(47)43(52)36-25(14-15-42(43,51)18-41)38(49)35-24(39(36)50)7-6-23(37(35)48)30-16-28(46)40(22(4)53-30)58-33-12-9-27(45)20(2)55-33/h6-9,11-12,14-15,19-22,28-30,32-34,40,46,48,51-52H,10,13,16-18H2,1-5H3/t19-,20-,21-,22+,28+,29-,30+,32-,33-,34-,40+,41-,42-,43-/m0/s1. The third-order valence-electron chi connectivity index (χ3n) is 12.4. The van der Waals surface area contributed by atoms with E-state index in [4.69, 9.17) is 33.2 Å². The summed E-state index contributed by atoms with van der Waals surface area (Å²) in [7, 11) is 0. The number of benzene rings is 1. The summed E-state index contributed by atoms with van der Waals surface area (Å²) in [6, 6.07) is 2.66. The van der Waals surface area contributed by atoms with Crippen molar-refractivity contribution in [1.29, 1.82) is 0 Å². The molecule has 3 fully saturated rings. The molecule has 1 aromatic rings. The Labute approximate surface area is 339 Å². The van der Waals surface area contributed by atoms with Gasteiger partial charge in [-0.3, -0.25) is 24.0 Å². The highest BCUT2D eigenvalue weighted by atomic mass is 16.7. The predicted molar refractivity (Wildman–Crippen MR) is 201 cm³/mol. The zero-order chi connectivity index (χ0) is 42.3. The molecule has 14 atom stereocenters. The Hall–Kier alpha value is -4.07. The Morgan fingerprint density at radius 2 is 1.46 bits per heavy atom. The molecule has 0 aromatic heterocycles. The number of allylic oxidation sites excluding steroid dienone is 2. The van der Waals surface area contributed by atoms with Gasteiger partial charge in [0.15, 0.2) is 53.4 Å². The van der Waals surface area contributed by atoms with Crippen LogP contribution in [-0.4, -0.2) is 128 Å². The van der Waals surface area contributed by atoms with Gasteiger partial charge in [0.2, 0.25) is 0 Å². The van der Waals surface area contributed by atoms with E-state index in [0.717, 1.165) is 6.08 Å². The average Bonchev–Trinajstić information content (AvgIpc) is 3.16. The normalized spacial score (nSPS) is 42.2. The van der Waals surface area contributed by atoms with Crippen LogP contribution in [0.3, 0.4) is 0 Å². The first-order valence-electron chi connectivity index (χ1n) is 19.9. The minimum Gasteiger partial charge on any atom is -0.507 e. The van der Waals surface area contributed by atoms with Gasteiger partial charge in [0, 0.05) is 42.4 Å². The number of carbonyl (C=O) groups excluding carboxylic acids is 5. The molecule has 0 spiro atoms. The Morgan fingerprint density at radius 3 is 2.08 bits per heavy atom. The molecule has 0 unspecified atom stereocenters. The van der Waals surface area contributed by atoms with E-state index in [0.29, 0.717) is 12.8 Å². The van der Waals surface area contributed by atoms with Gasteiger partial charge in [-0.15, -0.1) is 0 Å². The average molecular weight is 821 g/mol. The highest BCUT2D eigenvalue weighted by molar-refractivity contribution is 6.32. The molecule has 1 aromatic carbocycles. The number of aliphatic hydroxyl groups excluding tert-OH is 1. The number of ketones is 5. The fourth-order valence-corrected chi connectivity index (χ4v) is 9.32. The van der Waals surface area contributed by atoms with Gasteiger partial charge in [-0.2, -0.15) is 0 Å². The maximum absolute atomic E-state index is 14.3. The van der Waals surface area contributed by atoms with Gasteiger partial charge in [0.05, 0.1) is 47.3 Å². The molecule has 0 radical (unpaired) electrons. The summed E-state index contributed by atoms with van der Waals surface area (Å²) < 4.78 is 41.7. The second-order valence-electron chi connectivity index (χ2n) is 16.8. The largest absolute Gasteiger partial charge is 0.507 e. The van der Waals surface area contributed by atoms with Crippen molar-refractivity contribution in [2.45, 2.75) is 151 Å². The van der Waals surface area contributed by atoms with Crippen LogP contribution in [-0.2, 0) is 47.5 Å². The monoisotopic (exact) mass is 820 g/mol. The van der Waals surface area contributed by atoms with Crippen LogP contribution in [0.1, 0.15) is 99.1 Å². The van der Waals surface area contributed by atoms with Crippen LogP contribution >= 0.6 is 0 Å². The summed E-state index contributed by atoms with van der Waals surface area (Å²) in [6.45, 7) is 8.27. The van der Waals surface area contributed by atoms with Crippen LogP contribution in [0.15, 0.2) is 59.7 Å². The summed E-state index contributed by atoms with van der Waals surface area (Å²) in [4.78, 5) is 66.2. The van der Waals surface area contributed by atoms with Gasteiger partial charge in [0.1, 0.15) is 29.7 Å². The molecule has 4 N–H and O–H groups in total. The van der Waals surface area contributed by atoms with Gasteiger partial charge in [0.25, 0.3) is 0 Å². The molecule has 316 valence electrons. The van der Waals surface area contributed by atoms with Gasteiger partial charge >= 0.3 is 0 Å². The molecule has 0 amide bonds. The number of Topliss-reactive ketones (excluding diaryl/α,β-unsaturated/α-hetero) is 3. The lowest BCUT2D eigenvalue weighted by Crippen LogP contribution is -2.69. The third kappa shape index (κ3) is 7.12. The van der Waals surface area contributed by atoms with E-state index < -0.39 is 120 Å². The first kappa shape index (κ1) is 41.7. The molecule has 8 rings (SSSR count). The SMILES string of the molecule is C[C@@H]1O[C@@H](O[C@H]2[C@H](O)C[C@H](c3ccc4c(c3O)C(=O)C3=C(C4=O)[C@@]4(O)C(=O)C[C@](C)(O[C@H]5CC[C@H](O[C@H]6C=CC(=O)[C@H](C)O6)[C@H](C)O5)C[C@@]4(O)C=C3)O[C@@H]2C)C=CC1=O. The highest BCUT2D eigenvalue weighted by Crippen LogP contribution is 2.53. The molecule has 16 nitrogen and oxygen atoms in total. The lowest BCUT2D eigenvalue weighted by atomic mass is 9.57. The number of hydrogen-bond donors (Lipinski definition) is 4. The minimum atomic E-state index is -2.83. The molecule has 2 saturated heterocycles. The Kier molecular flexibility index (Phi) is 10.7. The van der Waals surface area contributed by atoms with Gasteiger partial charge in [-0.05, 0) is 77.5 Å². The number of hydrogen-bond acceptors (Lipinski definition) is 16. The second-order valence-corrected chi connectivity index (χ2v) is 16.8. The van der Waals surface area contributed by atoms with Gasteiger partial charge < -0.3 is 53.6 Å². The van der Waals surface area contributed by atoms with Gasteiger partial charge in [-0.25, -0.2) is 0 Å². The fraction of sp³-hybridized carbons (Fsp3) is 0.558. The molecule has 7 aliphatic rings. The van der Waals surface area contributed by atoms with E-state index in [1.165, 1.54) is 36.4 Å². The second kappa shape index (κ2) is 15.1. The van der Waals surface area contributed by atoms with Crippen LogP contribution in [0, 0.1) is 0 Å². The summed E-state index contributed by atoms with van der Waals surface area (Å²) in [5.74, 6) is -3.67. The maximum Gasteiger partial charge on any atom is 0.198 e. The third-order valence-corrected chi connectivity index (χ3v) is 12.4. The summed E-state index contributed by atoms with van der Waals surface area (Å²) in [5.41, 5.74) is -8.06. The van der Waals surface area contributed by atoms with E-state index >= 15 is 0 Å². The van der Waals surface area contributed by atoms with Crippen molar-refractivity contribution in [2.75, 3.05) is 0 Å². The van der Waals surface area contributed by atoms with E-state index in [9.17, 15) is 44.4 Å². The molecule has 16 heteroatoms. The van der Waals surface area contributed by atoms with Crippen molar-refractivity contribution in [3.8, 4) is 5.75 Å². The molecule has 1 saturated carbocycles. The van der Waals surface area contributed by atoms with E-state index in [-0.39, 0.29) is 46.7 Å². The number of aromatic hydroxyl groups is 1. The number of fused-ring (bicyclic) bond motifs is 3. The Bertz CT molecular complexity index is 2090. The van der Waals surface area contributed by atoms with Crippen molar-refractivity contribution < 1.29 is 77.6 Å². The molecule has 0 bridgehead atoms. The van der Waals surface area contributed by atoms with Crippen molar-refractivity contribution in [3.05, 3.63) is 76.4 Å². The van der Waals surface area contributed by atoms with Crippen molar-refractivity contribution in [3.63, 3.8) is 0 Å². The number of aliphatic hydroxyl groups is 3. The molecule has 4 heterocycles. The molecular weight excluding hydrogens is 772 g/mol. The number of carbonyl (C=O) groups is 5. The Morgan fingerprint density at radius 1 is 0.797 bits per heavy atom. The summed E-state index contributed by atoms with van der Waals surface area (Å²) in [5, 5.41) is 47.0. The lowest BCUT2D eigenvalue weighted by Gasteiger charge is -2.53. The molecule has 59 heavy (non-hydrogen) atoms. The molecule has 3 aliphatic carbocycles. The van der Waals surface area contributed by atoms with Crippen molar-refractivity contribution in [1.82, 2.24) is 0 Å². The number of phenolic OH excluding ortho intramolecular Hbond substituents is 1. The fourth-order valence-electron chi connectivity index (χ4n) is 9.32. The predicted octanol–water partition coefficient (Wildman–Crippen LogP) is 2.48. The lowest BCUT2D eigenvalue weighted by molar-refractivity contribution is -0.290. The van der Waals surface area contributed by atoms with Crippen LogP contribution in [0.25, 0.3) is 0 Å². The smallest absolute Gasteiger partial charge is 0.198 e. The zero-order valence-corrected chi connectivity index (χ0v) is 33.2. The first-order chi connectivity index (χ1) is 27.8. The van der Waals surface area contributed by atoms with Crippen molar-refractivity contribution in [2.24, 2.45) is 0 Å². The van der Waals surface area contributed by atoms with Crippen LogP contribution in [0.4, 0.5) is 0 Å². The quantitative estimate of drug-likeness (QED) is 0.310. The van der Waals surface area contributed by atoms with E-state index in [1.807, 2.05) is 0 Å². The first-order valence-corrected chi connectivity index (χ1v) is 19.9. The van der Waals surface area contributed by atoms with Gasteiger partial charge in [-0.1, -0.05) is 12.1 Å². The minimum absolute atomic E-state index is 0.0704. The zero-order valence-electron chi connectivity index (χ0n) is 33.2.